The lowest BCUT2D eigenvalue weighted by molar-refractivity contribution is -0.155. The minimum absolute atomic E-state index is 0.0839. The molecule has 0 fully saturated rings. The molecule has 0 aliphatic rings. The van der Waals surface area contributed by atoms with E-state index < -0.39 is 17.9 Å². The Kier molecular flexibility index (Phi) is 6.85. The van der Waals surface area contributed by atoms with Crippen LogP contribution in [0.3, 0.4) is 0 Å². The van der Waals surface area contributed by atoms with Crippen LogP contribution in [0, 0.1) is 11.7 Å². The van der Waals surface area contributed by atoms with E-state index in [0.29, 0.717) is 11.5 Å². The van der Waals surface area contributed by atoms with E-state index in [1.807, 2.05) is 68.4 Å². The summed E-state index contributed by atoms with van der Waals surface area (Å²) in [5.74, 6) is 0.607. The number of esters is 1. The normalized spacial score (nSPS) is 11.7. The molecule has 4 nitrogen and oxygen atoms in total. The Morgan fingerprint density at radius 1 is 0.862 bits per heavy atom. The van der Waals surface area contributed by atoms with E-state index in [-0.39, 0.29) is 12.5 Å². The molecule has 0 radical (unpaired) electrons. The fourth-order valence-electron chi connectivity index (χ4n) is 2.70. The van der Waals surface area contributed by atoms with E-state index in [0.717, 1.165) is 11.3 Å². The summed E-state index contributed by atoms with van der Waals surface area (Å²) in [6, 6.07) is 22.5. The molecule has 0 saturated heterocycles. The maximum absolute atomic E-state index is 13.4. The van der Waals surface area contributed by atoms with E-state index in [4.69, 9.17) is 14.2 Å². The van der Waals surface area contributed by atoms with Crippen molar-refractivity contribution in [2.75, 3.05) is 0 Å². The van der Waals surface area contributed by atoms with Gasteiger partial charge in [0.25, 0.3) is 0 Å². The summed E-state index contributed by atoms with van der Waals surface area (Å²) in [5, 5.41) is 0. The van der Waals surface area contributed by atoms with Gasteiger partial charge < -0.3 is 14.2 Å². The summed E-state index contributed by atoms with van der Waals surface area (Å²) in [6.45, 7) is 3.78. The maximum Gasteiger partial charge on any atom is 0.347 e. The minimum Gasteiger partial charge on any atom is -0.478 e. The average molecular weight is 394 g/mol. The lowest BCUT2D eigenvalue weighted by Gasteiger charge is -2.21. The van der Waals surface area contributed by atoms with E-state index in [2.05, 4.69) is 0 Å². The number of para-hydroxylation sites is 1. The summed E-state index contributed by atoms with van der Waals surface area (Å²) in [7, 11) is 0. The first-order valence-electron chi connectivity index (χ1n) is 9.42. The molecule has 0 saturated carbocycles. The fourth-order valence-corrected chi connectivity index (χ4v) is 2.70. The Morgan fingerprint density at radius 3 is 2.28 bits per heavy atom. The van der Waals surface area contributed by atoms with Crippen molar-refractivity contribution >= 4 is 5.97 Å². The van der Waals surface area contributed by atoms with Crippen LogP contribution in [0.25, 0.3) is 0 Å². The molecule has 29 heavy (non-hydrogen) atoms. The summed E-state index contributed by atoms with van der Waals surface area (Å²) < 4.78 is 30.3. The van der Waals surface area contributed by atoms with Crippen molar-refractivity contribution in [3.05, 3.63) is 90.2 Å². The van der Waals surface area contributed by atoms with E-state index in [9.17, 15) is 9.18 Å². The van der Waals surface area contributed by atoms with Crippen LogP contribution < -0.4 is 9.47 Å². The van der Waals surface area contributed by atoms with Gasteiger partial charge in [-0.05, 0) is 42.0 Å². The molecule has 0 heterocycles. The number of halogens is 1. The van der Waals surface area contributed by atoms with Gasteiger partial charge in [-0.1, -0.05) is 50.2 Å². The summed E-state index contributed by atoms with van der Waals surface area (Å²) in [6.07, 6.45) is -0.833. The Bertz CT molecular complexity index is 940. The third-order valence-corrected chi connectivity index (χ3v) is 4.16. The Balaban J connectivity index is 1.61. The number of benzene rings is 3. The van der Waals surface area contributed by atoms with Crippen LogP contribution in [-0.2, 0) is 16.1 Å². The zero-order valence-electron chi connectivity index (χ0n) is 16.4. The highest BCUT2D eigenvalue weighted by Gasteiger charge is 2.26. The zero-order valence-corrected chi connectivity index (χ0v) is 16.4. The molecule has 0 N–H and O–H groups in total. The molecular formula is C24H23FO4. The van der Waals surface area contributed by atoms with Crippen molar-refractivity contribution in [1.29, 1.82) is 0 Å². The molecule has 0 amide bonds. The van der Waals surface area contributed by atoms with Crippen molar-refractivity contribution in [1.82, 2.24) is 0 Å². The van der Waals surface area contributed by atoms with Crippen molar-refractivity contribution in [3.8, 4) is 17.2 Å². The number of carbonyl (C=O) groups is 1. The number of hydrogen-bond acceptors (Lipinski definition) is 4. The van der Waals surface area contributed by atoms with Gasteiger partial charge in [-0.2, -0.15) is 0 Å². The van der Waals surface area contributed by atoms with E-state index >= 15 is 0 Å². The predicted molar refractivity (Wildman–Crippen MR) is 108 cm³/mol. The van der Waals surface area contributed by atoms with Gasteiger partial charge in [-0.3, -0.25) is 0 Å². The van der Waals surface area contributed by atoms with Crippen LogP contribution in [0.15, 0.2) is 78.9 Å². The molecule has 3 rings (SSSR count). The molecule has 0 aliphatic heterocycles. The molecule has 0 bridgehead atoms. The lowest BCUT2D eigenvalue weighted by Crippen LogP contribution is -2.34. The second-order valence-electron chi connectivity index (χ2n) is 6.91. The molecule has 3 aromatic carbocycles. The minimum atomic E-state index is -0.833. The molecule has 0 aromatic heterocycles. The van der Waals surface area contributed by atoms with Crippen molar-refractivity contribution in [2.24, 2.45) is 5.92 Å². The Hall–Kier alpha value is -3.34. The molecule has 5 heteroatoms. The highest BCUT2D eigenvalue weighted by atomic mass is 19.1. The molecule has 150 valence electrons. The lowest BCUT2D eigenvalue weighted by atomic mass is 10.1. The van der Waals surface area contributed by atoms with Gasteiger partial charge in [0.1, 0.15) is 29.7 Å². The highest BCUT2D eigenvalue weighted by molar-refractivity contribution is 5.75. The van der Waals surface area contributed by atoms with Crippen LogP contribution in [0.2, 0.25) is 0 Å². The van der Waals surface area contributed by atoms with Crippen molar-refractivity contribution in [3.63, 3.8) is 0 Å². The second-order valence-corrected chi connectivity index (χ2v) is 6.91. The van der Waals surface area contributed by atoms with Crippen LogP contribution in [-0.4, -0.2) is 12.1 Å². The third-order valence-electron chi connectivity index (χ3n) is 4.16. The standard InChI is InChI=1S/C24H23FO4/c1-17(2)23(29-22-13-7-9-19(25)15-22)24(26)27-16-18-8-6-12-21(14-18)28-20-10-4-3-5-11-20/h3-15,17,23H,16H2,1-2H3. The molecular weight excluding hydrogens is 371 g/mol. The molecule has 1 atom stereocenters. The Morgan fingerprint density at radius 2 is 1.55 bits per heavy atom. The number of hydrogen-bond donors (Lipinski definition) is 0. The topological polar surface area (TPSA) is 44.8 Å². The number of rotatable bonds is 8. The molecule has 1 unspecified atom stereocenters. The predicted octanol–water partition coefficient (Wildman–Crippen LogP) is 5.76. The van der Waals surface area contributed by atoms with Gasteiger partial charge in [0.2, 0.25) is 0 Å². The second kappa shape index (κ2) is 9.73. The number of ether oxygens (including phenoxy) is 3. The summed E-state index contributed by atoms with van der Waals surface area (Å²) >= 11 is 0. The monoisotopic (exact) mass is 394 g/mol. The van der Waals surface area contributed by atoms with Crippen LogP contribution in [0.1, 0.15) is 19.4 Å². The average Bonchev–Trinajstić information content (AvgIpc) is 2.71. The molecule has 3 aromatic rings. The fraction of sp³-hybridized carbons (Fsp3) is 0.208. The van der Waals surface area contributed by atoms with Gasteiger partial charge >= 0.3 is 5.97 Å². The summed E-state index contributed by atoms with van der Waals surface area (Å²) in [5.41, 5.74) is 0.792. The van der Waals surface area contributed by atoms with Crippen LogP contribution >= 0.6 is 0 Å². The quantitative estimate of drug-likeness (QED) is 0.455. The summed E-state index contributed by atoms with van der Waals surface area (Å²) in [4.78, 5) is 12.6. The molecule has 0 spiro atoms. The number of carbonyl (C=O) groups excluding carboxylic acids is 1. The van der Waals surface area contributed by atoms with Crippen LogP contribution in [0.5, 0.6) is 17.2 Å². The first-order valence-corrected chi connectivity index (χ1v) is 9.42. The third kappa shape index (κ3) is 6.07. The van der Waals surface area contributed by atoms with E-state index in [1.54, 1.807) is 6.07 Å². The smallest absolute Gasteiger partial charge is 0.347 e. The van der Waals surface area contributed by atoms with Crippen molar-refractivity contribution in [2.45, 2.75) is 26.6 Å². The van der Waals surface area contributed by atoms with Gasteiger partial charge in [0.05, 0.1) is 0 Å². The molecule has 0 aliphatic carbocycles. The zero-order chi connectivity index (χ0) is 20.6. The van der Waals surface area contributed by atoms with Gasteiger partial charge in [-0.15, -0.1) is 0 Å². The van der Waals surface area contributed by atoms with Crippen molar-refractivity contribution < 1.29 is 23.4 Å². The first kappa shape index (κ1) is 20.4. The van der Waals surface area contributed by atoms with E-state index in [1.165, 1.54) is 18.2 Å². The van der Waals surface area contributed by atoms with Gasteiger partial charge in [0.15, 0.2) is 6.10 Å². The first-order chi connectivity index (χ1) is 14.0. The highest BCUT2D eigenvalue weighted by Crippen LogP contribution is 2.23. The Labute approximate surface area is 169 Å². The van der Waals surface area contributed by atoms with Crippen LogP contribution in [0.4, 0.5) is 4.39 Å². The van der Waals surface area contributed by atoms with Gasteiger partial charge in [-0.25, -0.2) is 9.18 Å². The maximum atomic E-state index is 13.4. The largest absolute Gasteiger partial charge is 0.478 e. The van der Waals surface area contributed by atoms with Gasteiger partial charge in [0, 0.05) is 12.0 Å². The SMILES string of the molecule is CC(C)C(Oc1cccc(F)c1)C(=O)OCc1cccc(Oc2ccccc2)c1.